The highest BCUT2D eigenvalue weighted by molar-refractivity contribution is 7.91. The first kappa shape index (κ1) is 22.8. The molecule has 174 valence electrons. The molecule has 2 N–H and O–H groups in total. The van der Waals surface area contributed by atoms with Crippen molar-refractivity contribution in [2.45, 2.75) is 44.5 Å². The molecule has 0 radical (unpaired) electrons. The molecule has 1 saturated heterocycles. The molecule has 9 heteroatoms. The van der Waals surface area contributed by atoms with Crippen LogP contribution < -0.4 is 18.5 Å². The standard InChI is InChI=1S/C23H31N3O5S/c1-16(23(27)17-8-9-21(30-2)22(14-17)31-3)25-12-10-19(11-13-25)26-20-7-5-4-6-18(20)15-24-32(26,28)29/h4-9,14,16,19,23-24,27H,10-13,15H2,1-3H3. The van der Waals surface area contributed by atoms with E-state index >= 15 is 0 Å². The molecule has 2 aromatic rings. The maximum atomic E-state index is 12.8. The highest BCUT2D eigenvalue weighted by atomic mass is 32.2. The zero-order valence-corrected chi connectivity index (χ0v) is 19.5. The van der Waals surface area contributed by atoms with E-state index in [1.807, 2.05) is 37.3 Å². The minimum atomic E-state index is -3.56. The Labute approximate surface area is 189 Å². The van der Waals surface area contributed by atoms with Crippen LogP contribution >= 0.6 is 0 Å². The molecular weight excluding hydrogens is 430 g/mol. The molecule has 0 bridgehead atoms. The van der Waals surface area contributed by atoms with Crippen LogP contribution in [0.1, 0.15) is 37.0 Å². The first-order chi connectivity index (χ1) is 15.4. The zero-order valence-electron chi connectivity index (χ0n) is 18.7. The highest BCUT2D eigenvalue weighted by Crippen LogP contribution is 2.35. The van der Waals surface area contributed by atoms with Gasteiger partial charge in [0.1, 0.15) is 0 Å². The Balaban J connectivity index is 1.46. The van der Waals surface area contributed by atoms with Gasteiger partial charge in [-0.3, -0.25) is 9.21 Å². The SMILES string of the molecule is COc1ccc(C(O)C(C)N2CCC(N3c4ccccc4CNS3(=O)=O)CC2)cc1OC. The van der Waals surface area contributed by atoms with Crippen molar-refractivity contribution in [2.24, 2.45) is 0 Å². The van der Waals surface area contributed by atoms with E-state index in [-0.39, 0.29) is 12.1 Å². The highest BCUT2D eigenvalue weighted by Gasteiger charge is 2.38. The second-order valence-electron chi connectivity index (χ2n) is 8.32. The molecule has 2 aromatic carbocycles. The zero-order chi connectivity index (χ0) is 22.9. The smallest absolute Gasteiger partial charge is 0.302 e. The maximum Gasteiger partial charge on any atom is 0.302 e. The van der Waals surface area contributed by atoms with E-state index in [1.54, 1.807) is 30.7 Å². The van der Waals surface area contributed by atoms with E-state index in [0.717, 1.165) is 16.8 Å². The lowest BCUT2D eigenvalue weighted by Gasteiger charge is -2.43. The predicted octanol–water partition coefficient (Wildman–Crippen LogP) is 2.44. The molecule has 0 aromatic heterocycles. The second kappa shape index (κ2) is 9.27. The summed E-state index contributed by atoms with van der Waals surface area (Å²) < 4.78 is 40.5. The summed E-state index contributed by atoms with van der Waals surface area (Å²) >= 11 is 0. The maximum absolute atomic E-state index is 12.8. The third kappa shape index (κ3) is 4.30. The molecule has 2 aliphatic rings. The number of likely N-dealkylation sites (tertiary alicyclic amines) is 1. The quantitative estimate of drug-likeness (QED) is 0.687. The van der Waals surface area contributed by atoms with Gasteiger partial charge in [0.05, 0.1) is 26.0 Å². The number of fused-ring (bicyclic) bond motifs is 1. The van der Waals surface area contributed by atoms with Crippen LogP contribution in [-0.4, -0.2) is 57.8 Å². The lowest BCUT2D eigenvalue weighted by molar-refractivity contribution is 0.0442. The largest absolute Gasteiger partial charge is 0.493 e. The first-order valence-electron chi connectivity index (χ1n) is 10.9. The summed E-state index contributed by atoms with van der Waals surface area (Å²) in [7, 11) is -0.404. The van der Waals surface area contributed by atoms with Gasteiger partial charge >= 0.3 is 10.2 Å². The fourth-order valence-corrected chi connectivity index (χ4v) is 6.20. The summed E-state index contributed by atoms with van der Waals surface area (Å²) in [5.41, 5.74) is 2.51. The monoisotopic (exact) mass is 461 g/mol. The van der Waals surface area contributed by atoms with Crippen molar-refractivity contribution < 1.29 is 23.0 Å². The molecule has 0 spiro atoms. The van der Waals surface area contributed by atoms with Crippen LogP contribution in [0.2, 0.25) is 0 Å². The Kier molecular flexibility index (Phi) is 6.62. The number of aliphatic hydroxyl groups excluding tert-OH is 1. The predicted molar refractivity (Wildman–Crippen MR) is 123 cm³/mol. The second-order valence-corrected chi connectivity index (χ2v) is 9.95. The van der Waals surface area contributed by atoms with Crippen LogP contribution in [0.25, 0.3) is 0 Å². The van der Waals surface area contributed by atoms with Crippen molar-refractivity contribution in [3.05, 3.63) is 53.6 Å². The number of nitrogens with zero attached hydrogens (tertiary/aromatic N) is 2. The van der Waals surface area contributed by atoms with Crippen LogP contribution in [0.4, 0.5) is 5.69 Å². The Hall–Kier alpha value is -2.33. The molecule has 1 fully saturated rings. The van der Waals surface area contributed by atoms with E-state index in [0.29, 0.717) is 44.0 Å². The Bertz CT molecular complexity index is 1050. The number of rotatable bonds is 6. The molecule has 0 aliphatic carbocycles. The summed E-state index contributed by atoms with van der Waals surface area (Å²) in [4.78, 5) is 2.22. The van der Waals surface area contributed by atoms with Crippen molar-refractivity contribution in [1.82, 2.24) is 9.62 Å². The number of ether oxygens (including phenoxy) is 2. The number of methoxy groups -OCH3 is 2. The van der Waals surface area contributed by atoms with E-state index in [1.165, 1.54) is 0 Å². The van der Waals surface area contributed by atoms with Gasteiger partial charge in [0.2, 0.25) is 0 Å². The van der Waals surface area contributed by atoms with E-state index in [2.05, 4.69) is 9.62 Å². The van der Waals surface area contributed by atoms with Crippen molar-refractivity contribution >= 4 is 15.9 Å². The number of anilines is 1. The molecule has 2 unspecified atom stereocenters. The van der Waals surface area contributed by atoms with E-state index in [9.17, 15) is 13.5 Å². The number of nitrogens with one attached hydrogen (secondary N) is 1. The topological polar surface area (TPSA) is 91.3 Å². The van der Waals surface area contributed by atoms with E-state index < -0.39 is 16.3 Å². The molecule has 2 aliphatic heterocycles. The Morgan fingerprint density at radius 2 is 1.75 bits per heavy atom. The number of hydrogen-bond donors (Lipinski definition) is 2. The number of aliphatic hydroxyl groups is 1. The van der Waals surface area contributed by atoms with Crippen LogP contribution in [0.5, 0.6) is 11.5 Å². The summed E-state index contributed by atoms with van der Waals surface area (Å²) in [5, 5.41) is 11.0. The van der Waals surface area contributed by atoms with Gasteiger partial charge in [0.15, 0.2) is 11.5 Å². The van der Waals surface area contributed by atoms with Crippen LogP contribution in [0.3, 0.4) is 0 Å². The van der Waals surface area contributed by atoms with Gasteiger partial charge in [0, 0.05) is 31.7 Å². The molecule has 8 nitrogen and oxygen atoms in total. The summed E-state index contributed by atoms with van der Waals surface area (Å²) in [6.45, 7) is 3.72. The number of para-hydroxylation sites is 1. The molecule has 32 heavy (non-hydrogen) atoms. The van der Waals surface area contributed by atoms with Crippen LogP contribution in [0, 0.1) is 0 Å². The minimum absolute atomic E-state index is 0.115. The average Bonchev–Trinajstić information content (AvgIpc) is 2.82. The number of benzene rings is 2. The molecule has 0 saturated carbocycles. The van der Waals surface area contributed by atoms with Crippen molar-refractivity contribution in [3.63, 3.8) is 0 Å². The normalized spacial score (nSPS) is 20.9. The Morgan fingerprint density at radius 3 is 2.44 bits per heavy atom. The fraction of sp³-hybridized carbons (Fsp3) is 0.478. The van der Waals surface area contributed by atoms with Crippen molar-refractivity contribution in [3.8, 4) is 11.5 Å². The van der Waals surface area contributed by atoms with Gasteiger partial charge in [-0.25, -0.2) is 0 Å². The molecule has 0 amide bonds. The lowest BCUT2D eigenvalue weighted by Crippen LogP contribution is -2.54. The number of piperidine rings is 1. The van der Waals surface area contributed by atoms with Gasteiger partial charge in [-0.2, -0.15) is 13.1 Å². The molecule has 4 rings (SSSR count). The number of hydrogen-bond acceptors (Lipinski definition) is 6. The Morgan fingerprint density at radius 1 is 1.06 bits per heavy atom. The fourth-order valence-electron chi connectivity index (χ4n) is 4.68. The van der Waals surface area contributed by atoms with Gasteiger partial charge in [-0.1, -0.05) is 24.3 Å². The minimum Gasteiger partial charge on any atom is -0.493 e. The van der Waals surface area contributed by atoms with Crippen molar-refractivity contribution in [2.75, 3.05) is 31.6 Å². The van der Waals surface area contributed by atoms with Crippen LogP contribution in [-0.2, 0) is 16.8 Å². The average molecular weight is 462 g/mol. The van der Waals surface area contributed by atoms with Crippen LogP contribution in [0.15, 0.2) is 42.5 Å². The third-order valence-corrected chi connectivity index (χ3v) is 8.07. The summed E-state index contributed by atoms with van der Waals surface area (Å²) in [6, 6.07) is 12.8. The third-order valence-electron chi connectivity index (χ3n) is 6.55. The lowest BCUT2D eigenvalue weighted by atomic mass is 9.97. The van der Waals surface area contributed by atoms with Gasteiger partial charge < -0.3 is 14.6 Å². The van der Waals surface area contributed by atoms with Gasteiger partial charge in [-0.15, -0.1) is 0 Å². The molecule has 2 heterocycles. The first-order valence-corrected chi connectivity index (χ1v) is 12.3. The van der Waals surface area contributed by atoms with Gasteiger partial charge in [0.25, 0.3) is 0 Å². The van der Waals surface area contributed by atoms with E-state index in [4.69, 9.17) is 9.47 Å². The van der Waals surface area contributed by atoms with Gasteiger partial charge in [-0.05, 0) is 49.1 Å². The summed E-state index contributed by atoms with van der Waals surface area (Å²) in [5.74, 6) is 1.20. The van der Waals surface area contributed by atoms with Crippen molar-refractivity contribution in [1.29, 1.82) is 0 Å². The molecular formula is C23H31N3O5S. The molecule has 2 atom stereocenters. The summed E-state index contributed by atoms with van der Waals surface area (Å²) in [6.07, 6.45) is 0.684.